The molecule has 0 N–H and O–H groups in total. The van der Waals surface area contributed by atoms with Gasteiger partial charge in [0.25, 0.3) is 5.91 Å². The van der Waals surface area contributed by atoms with E-state index in [2.05, 4.69) is 17.2 Å². The van der Waals surface area contributed by atoms with Crippen LogP contribution < -0.4 is 0 Å². The number of carbonyl (C=O) groups is 2. The molecule has 27 heavy (non-hydrogen) atoms. The zero-order valence-electron chi connectivity index (χ0n) is 15.8. The first-order valence-corrected chi connectivity index (χ1v) is 9.70. The Labute approximate surface area is 159 Å². The van der Waals surface area contributed by atoms with Gasteiger partial charge in [-0.15, -0.1) is 0 Å². The highest BCUT2D eigenvalue weighted by Gasteiger charge is 2.49. The van der Waals surface area contributed by atoms with Gasteiger partial charge in [0.05, 0.1) is 5.41 Å². The van der Waals surface area contributed by atoms with Crippen molar-refractivity contribution in [3.63, 3.8) is 0 Å². The van der Waals surface area contributed by atoms with E-state index >= 15 is 0 Å². The van der Waals surface area contributed by atoms with E-state index in [4.69, 9.17) is 0 Å². The Kier molecular flexibility index (Phi) is 4.72. The van der Waals surface area contributed by atoms with Crippen molar-refractivity contribution in [3.05, 3.63) is 53.9 Å². The zero-order chi connectivity index (χ0) is 18.9. The molecule has 0 radical (unpaired) electrons. The number of amides is 2. The molecule has 0 aliphatic carbocycles. The van der Waals surface area contributed by atoms with Crippen LogP contribution in [0.1, 0.15) is 35.3 Å². The van der Waals surface area contributed by atoms with Crippen LogP contribution in [0.25, 0.3) is 0 Å². The fraction of sp³-hybridized carbons (Fsp3) is 0.476. The molecule has 2 aliphatic heterocycles. The van der Waals surface area contributed by atoms with Crippen molar-refractivity contribution in [2.45, 2.75) is 25.7 Å². The molecule has 3 heterocycles. The lowest BCUT2D eigenvalue weighted by Gasteiger charge is -2.39. The maximum absolute atomic E-state index is 13.3. The molecule has 2 amide bonds. The number of nitrogens with zero attached hydrogens (tertiary/aromatic N) is 4. The Hall–Kier alpha value is -2.63. The number of benzene rings is 1. The fourth-order valence-corrected chi connectivity index (χ4v) is 4.44. The van der Waals surface area contributed by atoms with E-state index in [1.165, 1.54) is 5.56 Å². The second-order valence-corrected chi connectivity index (χ2v) is 7.73. The summed E-state index contributed by atoms with van der Waals surface area (Å²) in [7, 11) is 1.77. The molecule has 2 fully saturated rings. The predicted molar refractivity (Wildman–Crippen MR) is 102 cm³/mol. The van der Waals surface area contributed by atoms with Gasteiger partial charge in [-0.1, -0.05) is 30.3 Å². The van der Waals surface area contributed by atoms with Gasteiger partial charge in [0.15, 0.2) is 0 Å². The van der Waals surface area contributed by atoms with Crippen LogP contribution in [-0.2, 0) is 18.3 Å². The van der Waals surface area contributed by atoms with Gasteiger partial charge in [0.1, 0.15) is 5.69 Å². The highest BCUT2D eigenvalue weighted by molar-refractivity contribution is 5.94. The molecule has 142 valence electrons. The molecule has 1 aromatic carbocycles. The van der Waals surface area contributed by atoms with Crippen molar-refractivity contribution in [2.24, 2.45) is 12.5 Å². The van der Waals surface area contributed by atoms with Gasteiger partial charge in [0.2, 0.25) is 5.91 Å². The summed E-state index contributed by atoms with van der Waals surface area (Å²) < 4.78 is 1.60. The van der Waals surface area contributed by atoms with E-state index in [-0.39, 0.29) is 11.8 Å². The van der Waals surface area contributed by atoms with E-state index in [1.807, 2.05) is 28.0 Å². The Morgan fingerprint density at radius 2 is 1.96 bits per heavy atom. The van der Waals surface area contributed by atoms with E-state index in [9.17, 15) is 9.59 Å². The normalized spacial score (nSPS) is 22.6. The molecule has 2 aliphatic rings. The van der Waals surface area contributed by atoms with Crippen LogP contribution in [0.5, 0.6) is 0 Å². The van der Waals surface area contributed by atoms with Gasteiger partial charge in [0, 0.05) is 39.4 Å². The van der Waals surface area contributed by atoms with Crippen LogP contribution in [0.4, 0.5) is 0 Å². The maximum atomic E-state index is 13.3. The fourth-order valence-electron chi connectivity index (χ4n) is 4.44. The molecule has 2 aromatic rings. The molecule has 1 atom stereocenters. The number of hydrogen-bond acceptors (Lipinski definition) is 3. The van der Waals surface area contributed by atoms with Gasteiger partial charge >= 0.3 is 0 Å². The SMILES string of the molecule is Cn1nccc1C(=O)N1CCC2(CCCN(CCc3ccccc3)C2=O)C1. The lowest BCUT2D eigenvalue weighted by molar-refractivity contribution is -0.145. The van der Waals surface area contributed by atoms with Crippen LogP contribution in [0, 0.1) is 5.41 Å². The van der Waals surface area contributed by atoms with Crippen molar-refractivity contribution < 1.29 is 9.59 Å². The first-order chi connectivity index (χ1) is 13.1. The quantitative estimate of drug-likeness (QED) is 0.833. The number of aryl methyl sites for hydroxylation is 1. The van der Waals surface area contributed by atoms with Crippen LogP contribution in [0.2, 0.25) is 0 Å². The summed E-state index contributed by atoms with van der Waals surface area (Å²) in [6.07, 6.45) is 5.16. The summed E-state index contributed by atoms with van der Waals surface area (Å²) in [5.41, 5.74) is 1.43. The first-order valence-electron chi connectivity index (χ1n) is 9.70. The summed E-state index contributed by atoms with van der Waals surface area (Å²) in [6, 6.07) is 12.0. The summed E-state index contributed by atoms with van der Waals surface area (Å²) in [4.78, 5) is 29.9. The number of likely N-dealkylation sites (tertiary alicyclic amines) is 2. The highest BCUT2D eigenvalue weighted by Crippen LogP contribution is 2.40. The van der Waals surface area contributed by atoms with Gasteiger partial charge < -0.3 is 9.80 Å². The molecular formula is C21H26N4O2. The molecule has 1 aromatic heterocycles. The monoisotopic (exact) mass is 366 g/mol. The van der Waals surface area contributed by atoms with Crippen molar-refractivity contribution in [2.75, 3.05) is 26.2 Å². The number of rotatable bonds is 4. The molecule has 6 heteroatoms. The van der Waals surface area contributed by atoms with Gasteiger partial charge in [-0.25, -0.2) is 0 Å². The summed E-state index contributed by atoms with van der Waals surface area (Å²) >= 11 is 0. The van der Waals surface area contributed by atoms with E-state index in [1.54, 1.807) is 24.0 Å². The molecule has 1 unspecified atom stereocenters. The minimum absolute atomic E-state index is 0.0268. The predicted octanol–water partition coefficient (Wildman–Crippen LogP) is 2.12. The second-order valence-electron chi connectivity index (χ2n) is 7.73. The third-order valence-electron chi connectivity index (χ3n) is 6.02. The third kappa shape index (κ3) is 3.36. The zero-order valence-corrected chi connectivity index (χ0v) is 15.8. The Morgan fingerprint density at radius 3 is 2.70 bits per heavy atom. The second kappa shape index (κ2) is 7.18. The highest BCUT2D eigenvalue weighted by atomic mass is 16.2. The molecule has 4 rings (SSSR count). The van der Waals surface area contributed by atoms with Crippen molar-refractivity contribution in [1.29, 1.82) is 0 Å². The van der Waals surface area contributed by atoms with Crippen molar-refractivity contribution in [1.82, 2.24) is 19.6 Å². The van der Waals surface area contributed by atoms with E-state index < -0.39 is 5.41 Å². The number of aromatic nitrogens is 2. The average Bonchev–Trinajstić information content (AvgIpc) is 3.31. The standard InChI is InChI=1S/C21H26N4O2/c1-23-18(8-12-22-23)19(26)25-15-11-21(16-25)10-5-13-24(20(21)27)14-9-17-6-3-2-4-7-17/h2-4,6-8,12H,5,9-11,13-16H2,1H3. The maximum Gasteiger partial charge on any atom is 0.272 e. The molecule has 1 spiro atoms. The smallest absolute Gasteiger partial charge is 0.272 e. The van der Waals surface area contributed by atoms with Crippen LogP contribution in [-0.4, -0.2) is 57.6 Å². The van der Waals surface area contributed by atoms with Crippen LogP contribution in [0.15, 0.2) is 42.6 Å². The van der Waals surface area contributed by atoms with Crippen molar-refractivity contribution >= 4 is 11.8 Å². The van der Waals surface area contributed by atoms with Gasteiger partial charge in [-0.2, -0.15) is 5.10 Å². The number of piperidine rings is 1. The van der Waals surface area contributed by atoms with Crippen LogP contribution >= 0.6 is 0 Å². The summed E-state index contributed by atoms with van der Waals surface area (Å²) in [5.74, 6) is 0.200. The number of hydrogen-bond donors (Lipinski definition) is 0. The summed E-state index contributed by atoms with van der Waals surface area (Å²) in [5, 5.41) is 4.09. The average molecular weight is 366 g/mol. The molecule has 0 saturated carbocycles. The van der Waals surface area contributed by atoms with E-state index in [0.717, 1.165) is 38.8 Å². The van der Waals surface area contributed by atoms with Gasteiger partial charge in [-0.05, 0) is 37.3 Å². The Bertz CT molecular complexity index is 832. The topological polar surface area (TPSA) is 58.4 Å². The Morgan fingerprint density at radius 1 is 1.15 bits per heavy atom. The van der Waals surface area contributed by atoms with Crippen LogP contribution in [0.3, 0.4) is 0 Å². The summed E-state index contributed by atoms with van der Waals surface area (Å²) in [6.45, 7) is 2.74. The molecule has 6 nitrogen and oxygen atoms in total. The molecule has 0 bridgehead atoms. The van der Waals surface area contributed by atoms with Crippen molar-refractivity contribution in [3.8, 4) is 0 Å². The molecular weight excluding hydrogens is 340 g/mol. The van der Waals surface area contributed by atoms with Gasteiger partial charge in [-0.3, -0.25) is 14.3 Å². The Balaban J connectivity index is 1.43. The minimum Gasteiger partial charge on any atom is -0.342 e. The molecule has 2 saturated heterocycles. The number of carbonyl (C=O) groups excluding carboxylic acids is 2. The van der Waals surface area contributed by atoms with E-state index in [0.29, 0.717) is 18.8 Å². The minimum atomic E-state index is -0.400. The third-order valence-corrected chi connectivity index (χ3v) is 6.02. The largest absolute Gasteiger partial charge is 0.342 e. The lowest BCUT2D eigenvalue weighted by Crippen LogP contribution is -2.51. The first kappa shape index (κ1) is 17.8. The lowest BCUT2D eigenvalue weighted by atomic mass is 9.78.